The summed E-state index contributed by atoms with van der Waals surface area (Å²) < 4.78 is 0. The van der Waals surface area contributed by atoms with Crippen molar-refractivity contribution in [1.82, 2.24) is 4.90 Å². The highest BCUT2D eigenvalue weighted by Gasteiger charge is 2.26. The fourth-order valence-electron chi connectivity index (χ4n) is 2.50. The minimum absolute atomic E-state index is 0.0249. The Labute approximate surface area is 108 Å². The lowest BCUT2D eigenvalue weighted by atomic mass is 9.93. The van der Waals surface area contributed by atoms with Gasteiger partial charge in [0.15, 0.2) is 0 Å². The van der Waals surface area contributed by atoms with Crippen molar-refractivity contribution in [3.63, 3.8) is 0 Å². The van der Waals surface area contributed by atoms with Gasteiger partial charge in [0, 0.05) is 19.5 Å². The van der Waals surface area contributed by atoms with Crippen molar-refractivity contribution in [3.05, 3.63) is 0 Å². The van der Waals surface area contributed by atoms with Crippen LogP contribution in [0.3, 0.4) is 0 Å². The quantitative estimate of drug-likeness (QED) is 0.748. The number of nitrogens with two attached hydrogens (primary N) is 1. The van der Waals surface area contributed by atoms with Crippen molar-refractivity contribution in [2.45, 2.75) is 51.5 Å². The summed E-state index contributed by atoms with van der Waals surface area (Å²) in [6.07, 6.45) is 4.43. The smallest absolute Gasteiger partial charge is 0.303 e. The van der Waals surface area contributed by atoms with Crippen molar-refractivity contribution in [1.29, 1.82) is 0 Å². The number of carbonyl (C=O) groups is 2. The summed E-state index contributed by atoms with van der Waals surface area (Å²) >= 11 is 0. The topological polar surface area (TPSA) is 83.6 Å². The van der Waals surface area contributed by atoms with Gasteiger partial charge in [-0.1, -0.05) is 13.3 Å². The third-order valence-electron chi connectivity index (χ3n) is 3.51. The van der Waals surface area contributed by atoms with Crippen LogP contribution in [-0.2, 0) is 9.59 Å². The van der Waals surface area contributed by atoms with E-state index >= 15 is 0 Å². The molecule has 0 radical (unpaired) electrons. The van der Waals surface area contributed by atoms with Crippen LogP contribution in [0, 0.1) is 5.92 Å². The van der Waals surface area contributed by atoms with Crippen LogP contribution in [0.2, 0.25) is 0 Å². The molecule has 0 aliphatic carbocycles. The molecule has 18 heavy (non-hydrogen) atoms. The maximum atomic E-state index is 12.1. The Morgan fingerprint density at radius 3 is 2.83 bits per heavy atom. The Kier molecular flexibility index (Phi) is 6.12. The van der Waals surface area contributed by atoms with Crippen molar-refractivity contribution in [2.24, 2.45) is 11.7 Å². The Morgan fingerprint density at radius 1 is 1.50 bits per heavy atom. The second-order valence-corrected chi connectivity index (χ2v) is 5.12. The predicted octanol–water partition coefficient (Wildman–Crippen LogP) is 1.22. The van der Waals surface area contributed by atoms with Crippen molar-refractivity contribution in [2.75, 3.05) is 13.1 Å². The molecule has 104 valence electrons. The van der Waals surface area contributed by atoms with Crippen LogP contribution in [0.1, 0.15) is 45.4 Å². The molecular formula is C13H24N2O3. The average molecular weight is 256 g/mol. The second-order valence-electron chi connectivity index (χ2n) is 5.12. The summed E-state index contributed by atoms with van der Waals surface area (Å²) in [4.78, 5) is 24.4. The fourth-order valence-corrected chi connectivity index (χ4v) is 2.50. The summed E-state index contributed by atoms with van der Waals surface area (Å²) in [7, 11) is 0. The standard InChI is InChI=1S/C13H24N2O3/c1-2-4-11(14)13(18)15-8-3-5-10(9-15)6-7-12(16)17/h10-11H,2-9,14H2,1H3,(H,16,17)/t10?,11-/m0/s1. The molecular weight excluding hydrogens is 232 g/mol. The number of carboxylic acids is 1. The molecule has 3 N–H and O–H groups in total. The Hall–Kier alpha value is -1.10. The summed E-state index contributed by atoms with van der Waals surface area (Å²) in [6.45, 7) is 3.45. The Bertz CT molecular complexity index is 294. The van der Waals surface area contributed by atoms with Gasteiger partial charge >= 0.3 is 5.97 Å². The molecule has 0 aromatic rings. The van der Waals surface area contributed by atoms with Gasteiger partial charge < -0.3 is 15.7 Å². The van der Waals surface area contributed by atoms with Crippen molar-refractivity contribution in [3.8, 4) is 0 Å². The third-order valence-corrected chi connectivity index (χ3v) is 3.51. The first-order valence-corrected chi connectivity index (χ1v) is 6.80. The molecule has 1 heterocycles. The van der Waals surface area contributed by atoms with Crippen LogP contribution in [0.5, 0.6) is 0 Å². The highest BCUT2D eigenvalue weighted by atomic mass is 16.4. The van der Waals surface area contributed by atoms with E-state index in [1.54, 1.807) is 0 Å². The number of carboxylic acid groups (broad SMARTS) is 1. The van der Waals surface area contributed by atoms with Crippen LogP contribution in [-0.4, -0.2) is 41.0 Å². The van der Waals surface area contributed by atoms with Crippen LogP contribution in [0.25, 0.3) is 0 Å². The minimum atomic E-state index is -0.763. The van der Waals surface area contributed by atoms with Gasteiger partial charge in [0.05, 0.1) is 6.04 Å². The largest absolute Gasteiger partial charge is 0.481 e. The van der Waals surface area contributed by atoms with Crippen LogP contribution in [0.15, 0.2) is 0 Å². The van der Waals surface area contributed by atoms with E-state index in [1.165, 1.54) is 0 Å². The first-order valence-electron chi connectivity index (χ1n) is 6.80. The molecule has 1 fully saturated rings. The highest BCUT2D eigenvalue weighted by Crippen LogP contribution is 2.21. The first kappa shape index (κ1) is 15.0. The zero-order valence-corrected chi connectivity index (χ0v) is 11.1. The van der Waals surface area contributed by atoms with E-state index in [9.17, 15) is 9.59 Å². The predicted molar refractivity (Wildman–Crippen MR) is 69.1 cm³/mol. The molecule has 0 aromatic heterocycles. The number of carbonyl (C=O) groups excluding carboxylic acids is 1. The van der Waals surface area contributed by atoms with E-state index < -0.39 is 12.0 Å². The average Bonchev–Trinajstić information content (AvgIpc) is 2.36. The summed E-state index contributed by atoms with van der Waals surface area (Å²) in [5.41, 5.74) is 5.84. The maximum absolute atomic E-state index is 12.1. The van der Waals surface area contributed by atoms with Crippen LogP contribution < -0.4 is 5.73 Å². The first-order chi connectivity index (χ1) is 8.54. The molecule has 5 heteroatoms. The third kappa shape index (κ3) is 4.64. The molecule has 1 saturated heterocycles. The summed E-state index contributed by atoms with van der Waals surface area (Å²) in [5.74, 6) is -0.425. The molecule has 1 aliphatic heterocycles. The molecule has 5 nitrogen and oxygen atoms in total. The number of piperidine rings is 1. The van der Waals surface area contributed by atoms with Gasteiger partial charge in [-0.15, -0.1) is 0 Å². The number of hydrogen-bond acceptors (Lipinski definition) is 3. The number of nitrogens with zero attached hydrogens (tertiary/aromatic N) is 1. The lowest BCUT2D eigenvalue weighted by Gasteiger charge is -2.34. The molecule has 0 saturated carbocycles. The number of amides is 1. The summed E-state index contributed by atoms with van der Waals surface area (Å²) in [6, 6.07) is -0.395. The lowest BCUT2D eigenvalue weighted by Crippen LogP contribution is -2.48. The van der Waals surface area contributed by atoms with E-state index in [1.807, 2.05) is 11.8 Å². The second kappa shape index (κ2) is 7.36. The van der Waals surface area contributed by atoms with Crippen molar-refractivity contribution < 1.29 is 14.7 Å². The van der Waals surface area contributed by atoms with Crippen LogP contribution >= 0.6 is 0 Å². The van der Waals surface area contributed by atoms with Gasteiger partial charge in [-0.2, -0.15) is 0 Å². The molecule has 1 rings (SSSR count). The van der Waals surface area contributed by atoms with E-state index in [0.29, 0.717) is 18.9 Å². The van der Waals surface area contributed by atoms with Gasteiger partial charge in [0.1, 0.15) is 0 Å². The van der Waals surface area contributed by atoms with E-state index in [0.717, 1.165) is 32.2 Å². The maximum Gasteiger partial charge on any atom is 0.303 e. The molecule has 1 aliphatic rings. The van der Waals surface area contributed by atoms with Gasteiger partial charge in [-0.05, 0) is 31.6 Å². The zero-order chi connectivity index (χ0) is 13.5. The Morgan fingerprint density at radius 2 is 2.22 bits per heavy atom. The normalized spacial score (nSPS) is 21.7. The number of hydrogen-bond donors (Lipinski definition) is 2. The number of likely N-dealkylation sites (tertiary alicyclic amines) is 1. The van der Waals surface area contributed by atoms with Gasteiger partial charge in [-0.25, -0.2) is 0 Å². The zero-order valence-electron chi connectivity index (χ0n) is 11.1. The van der Waals surface area contributed by atoms with Crippen molar-refractivity contribution >= 4 is 11.9 Å². The fraction of sp³-hybridized carbons (Fsp3) is 0.846. The lowest BCUT2D eigenvalue weighted by molar-refractivity contribution is -0.137. The molecule has 0 aromatic carbocycles. The van der Waals surface area contributed by atoms with Gasteiger partial charge in [-0.3, -0.25) is 9.59 Å². The molecule has 1 amide bonds. The van der Waals surface area contributed by atoms with E-state index in [-0.39, 0.29) is 12.3 Å². The number of aliphatic carboxylic acids is 1. The molecule has 2 atom stereocenters. The minimum Gasteiger partial charge on any atom is -0.481 e. The monoisotopic (exact) mass is 256 g/mol. The Balaban J connectivity index is 2.42. The number of rotatable bonds is 6. The molecule has 1 unspecified atom stereocenters. The van der Waals surface area contributed by atoms with Gasteiger partial charge in [0.25, 0.3) is 0 Å². The summed E-state index contributed by atoms with van der Waals surface area (Å²) in [5, 5.41) is 8.68. The highest BCUT2D eigenvalue weighted by molar-refractivity contribution is 5.81. The SMILES string of the molecule is CCC[C@H](N)C(=O)N1CCCC(CCC(=O)O)C1. The molecule has 0 spiro atoms. The van der Waals surface area contributed by atoms with E-state index in [4.69, 9.17) is 10.8 Å². The van der Waals surface area contributed by atoms with Gasteiger partial charge in [0.2, 0.25) is 5.91 Å². The molecule has 0 bridgehead atoms. The van der Waals surface area contributed by atoms with E-state index in [2.05, 4.69) is 0 Å². The van der Waals surface area contributed by atoms with Crippen LogP contribution in [0.4, 0.5) is 0 Å².